The Balaban J connectivity index is 0.000000212. The SMILES string of the molecule is OCC1CCCCN(Cc2ccccc2)C1.OCC1CCCCNC1. The van der Waals surface area contributed by atoms with E-state index in [0.29, 0.717) is 25.0 Å². The first kappa shape index (κ1) is 20.4. The molecule has 0 bridgehead atoms. The van der Waals surface area contributed by atoms with Crippen LogP contribution >= 0.6 is 0 Å². The molecule has 3 N–H and O–H groups in total. The van der Waals surface area contributed by atoms with Gasteiger partial charge in [0.25, 0.3) is 0 Å². The maximum absolute atomic E-state index is 9.27. The van der Waals surface area contributed by atoms with Crippen molar-refractivity contribution in [1.82, 2.24) is 10.2 Å². The summed E-state index contributed by atoms with van der Waals surface area (Å²) in [4.78, 5) is 2.48. The third kappa shape index (κ3) is 8.32. The van der Waals surface area contributed by atoms with Crippen molar-refractivity contribution >= 4 is 0 Å². The lowest BCUT2D eigenvalue weighted by Crippen LogP contribution is -2.29. The molecule has 0 saturated carbocycles. The molecule has 0 aliphatic carbocycles. The number of likely N-dealkylation sites (tertiary alicyclic amines) is 1. The lowest BCUT2D eigenvalue weighted by atomic mass is 10.0. The first-order valence-electron chi connectivity index (χ1n) is 10.0. The van der Waals surface area contributed by atoms with E-state index in [0.717, 1.165) is 26.2 Å². The van der Waals surface area contributed by atoms with Crippen molar-refractivity contribution in [2.45, 2.75) is 45.1 Å². The van der Waals surface area contributed by atoms with E-state index in [1.807, 2.05) is 0 Å². The first-order chi connectivity index (χ1) is 12.3. The second-order valence-electron chi connectivity index (χ2n) is 7.51. The number of aliphatic hydroxyl groups excluding tert-OH is 2. The van der Waals surface area contributed by atoms with Crippen LogP contribution in [0.25, 0.3) is 0 Å². The average molecular weight is 349 g/mol. The molecule has 1 aromatic carbocycles. The van der Waals surface area contributed by atoms with Crippen LogP contribution in [0.1, 0.15) is 44.1 Å². The molecule has 0 radical (unpaired) electrons. The fourth-order valence-corrected chi connectivity index (χ4v) is 3.70. The van der Waals surface area contributed by atoms with Crippen LogP contribution in [0.5, 0.6) is 0 Å². The molecule has 0 spiro atoms. The average Bonchev–Trinajstić information content (AvgIpc) is 3.05. The molecular weight excluding hydrogens is 312 g/mol. The van der Waals surface area contributed by atoms with E-state index in [2.05, 4.69) is 40.5 Å². The van der Waals surface area contributed by atoms with Gasteiger partial charge >= 0.3 is 0 Å². The van der Waals surface area contributed by atoms with E-state index in [4.69, 9.17) is 5.11 Å². The van der Waals surface area contributed by atoms with Gasteiger partial charge in [-0.25, -0.2) is 0 Å². The van der Waals surface area contributed by atoms with Crippen LogP contribution in [0.4, 0.5) is 0 Å². The Hall–Kier alpha value is -0.940. The molecule has 0 amide bonds. The molecule has 142 valence electrons. The van der Waals surface area contributed by atoms with Crippen LogP contribution in [0.2, 0.25) is 0 Å². The van der Waals surface area contributed by atoms with Gasteiger partial charge in [-0.2, -0.15) is 0 Å². The van der Waals surface area contributed by atoms with Crippen molar-refractivity contribution in [1.29, 1.82) is 0 Å². The quantitative estimate of drug-likeness (QED) is 0.783. The minimum atomic E-state index is 0.339. The van der Waals surface area contributed by atoms with Gasteiger partial charge in [-0.15, -0.1) is 0 Å². The molecule has 2 atom stereocenters. The highest BCUT2D eigenvalue weighted by Crippen LogP contribution is 2.17. The van der Waals surface area contributed by atoms with Gasteiger partial charge in [0.2, 0.25) is 0 Å². The predicted octanol–water partition coefficient (Wildman–Crippen LogP) is 2.65. The fraction of sp³-hybridized carbons (Fsp3) is 0.714. The van der Waals surface area contributed by atoms with Crippen molar-refractivity contribution in [3.8, 4) is 0 Å². The minimum absolute atomic E-state index is 0.339. The van der Waals surface area contributed by atoms with E-state index in [-0.39, 0.29) is 0 Å². The van der Waals surface area contributed by atoms with E-state index >= 15 is 0 Å². The summed E-state index contributed by atoms with van der Waals surface area (Å²) >= 11 is 0. The van der Waals surface area contributed by atoms with Gasteiger partial charge in [-0.05, 0) is 56.2 Å². The number of hydrogen-bond donors (Lipinski definition) is 3. The van der Waals surface area contributed by atoms with Crippen molar-refractivity contribution in [3.63, 3.8) is 0 Å². The fourth-order valence-electron chi connectivity index (χ4n) is 3.70. The molecule has 2 aliphatic rings. The van der Waals surface area contributed by atoms with Crippen molar-refractivity contribution < 1.29 is 10.2 Å². The Bertz CT molecular complexity index is 433. The summed E-state index contributed by atoms with van der Waals surface area (Å²) in [5.74, 6) is 0.999. The summed E-state index contributed by atoms with van der Waals surface area (Å²) in [7, 11) is 0. The highest BCUT2D eigenvalue weighted by molar-refractivity contribution is 5.14. The maximum atomic E-state index is 9.27. The zero-order chi connectivity index (χ0) is 17.7. The Labute approximate surface area is 153 Å². The number of hydrogen-bond acceptors (Lipinski definition) is 4. The van der Waals surface area contributed by atoms with Crippen LogP contribution in [0.3, 0.4) is 0 Å². The molecule has 2 heterocycles. The summed E-state index contributed by atoms with van der Waals surface area (Å²) in [5, 5.41) is 21.3. The third-order valence-corrected chi connectivity index (χ3v) is 5.27. The van der Waals surface area contributed by atoms with E-state index in [1.54, 1.807) is 0 Å². The highest BCUT2D eigenvalue weighted by atomic mass is 16.3. The molecule has 2 aliphatic heterocycles. The highest BCUT2D eigenvalue weighted by Gasteiger charge is 2.17. The van der Waals surface area contributed by atoms with Crippen LogP contribution < -0.4 is 5.32 Å². The topological polar surface area (TPSA) is 55.7 Å². The molecular formula is C21H36N2O2. The van der Waals surface area contributed by atoms with Crippen molar-refractivity contribution in [2.75, 3.05) is 39.4 Å². The van der Waals surface area contributed by atoms with Crippen molar-refractivity contribution in [3.05, 3.63) is 35.9 Å². The molecule has 25 heavy (non-hydrogen) atoms. The van der Waals surface area contributed by atoms with Crippen LogP contribution in [-0.4, -0.2) is 54.5 Å². The molecule has 4 heteroatoms. The van der Waals surface area contributed by atoms with Gasteiger partial charge in [-0.1, -0.05) is 43.2 Å². The predicted molar refractivity (Wildman–Crippen MR) is 103 cm³/mol. The van der Waals surface area contributed by atoms with Crippen molar-refractivity contribution in [2.24, 2.45) is 11.8 Å². The third-order valence-electron chi connectivity index (χ3n) is 5.27. The molecule has 2 unspecified atom stereocenters. The summed E-state index contributed by atoms with van der Waals surface area (Å²) in [6.07, 6.45) is 7.46. The van der Waals surface area contributed by atoms with Gasteiger partial charge in [0.1, 0.15) is 0 Å². The van der Waals surface area contributed by atoms with Gasteiger partial charge < -0.3 is 15.5 Å². The molecule has 0 aromatic heterocycles. The number of nitrogens with zero attached hydrogens (tertiary/aromatic N) is 1. The van der Waals surface area contributed by atoms with Crippen LogP contribution in [0.15, 0.2) is 30.3 Å². The number of benzene rings is 1. The number of nitrogens with one attached hydrogen (secondary N) is 1. The minimum Gasteiger partial charge on any atom is -0.396 e. The van der Waals surface area contributed by atoms with Crippen LogP contribution in [0, 0.1) is 11.8 Å². The lowest BCUT2D eigenvalue weighted by Gasteiger charge is -2.23. The summed E-state index contributed by atoms with van der Waals surface area (Å²) in [5.41, 5.74) is 1.38. The van der Waals surface area contributed by atoms with E-state index in [9.17, 15) is 5.11 Å². The zero-order valence-corrected chi connectivity index (χ0v) is 15.6. The van der Waals surface area contributed by atoms with E-state index < -0.39 is 0 Å². The number of rotatable bonds is 4. The summed E-state index contributed by atoms with van der Waals surface area (Å²) in [6.45, 7) is 6.08. The standard InChI is InChI=1S/C14H21NO.C7H15NO/c16-12-14-8-4-5-9-15(11-14)10-13-6-2-1-3-7-13;9-6-7-3-1-2-4-8-5-7/h1-3,6-7,14,16H,4-5,8-12H2;7-9H,1-6H2. The smallest absolute Gasteiger partial charge is 0.0471 e. The number of aliphatic hydroxyl groups is 2. The Morgan fingerprint density at radius 2 is 1.64 bits per heavy atom. The van der Waals surface area contributed by atoms with Gasteiger partial charge in [-0.3, -0.25) is 4.90 Å². The lowest BCUT2D eigenvalue weighted by molar-refractivity contribution is 0.169. The second kappa shape index (κ2) is 12.4. The summed E-state index contributed by atoms with van der Waals surface area (Å²) < 4.78 is 0. The Morgan fingerprint density at radius 3 is 2.40 bits per heavy atom. The maximum Gasteiger partial charge on any atom is 0.0471 e. The second-order valence-corrected chi connectivity index (χ2v) is 7.51. The molecule has 3 rings (SSSR count). The Morgan fingerprint density at radius 1 is 0.920 bits per heavy atom. The van der Waals surface area contributed by atoms with E-state index in [1.165, 1.54) is 50.6 Å². The normalized spacial score (nSPS) is 25.4. The summed E-state index contributed by atoms with van der Waals surface area (Å²) in [6, 6.07) is 10.6. The molecule has 2 fully saturated rings. The molecule has 4 nitrogen and oxygen atoms in total. The molecule has 2 saturated heterocycles. The first-order valence-corrected chi connectivity index (χ1v) is 10.0. The van der Waals surface area contributed by atoms with Gasteiger partial charge in [0, 0.05) is 32.8 Å². The Kier molecular flexibility index (Phi) is 10.1. The van der Waals surface area contributed by atoms with Gasteiger partial charge in [0.15, 0.2) is 0 Å². The largest absolute Gasteiger partial charge is 0.396 e. The zero-order valence-electron chi connectivity index (χ0n) is 15.6. The van der Waals surface area contributed by atoms with Crippen LogP contribution in [-0.2, 0) is 6.54 Å². The monoisotopic (exact) mass is 348 g/mol. The molecule has 1 aromatic rings. The van der Waals surface area contributed by atoms with Gasteiger partial charge in [0.05, 0.1) is 0 Å².